The van der Waals surface area contributed by atoms with E-state index in [2.05, 4.69) is 26.3 Å². The van der Waals surface area contributed by atoms with E-state index >= 15 is 0 Å². The minimum Gasteiger partial charge on any atom is -0.271 e. The Kier molecular flexibility index (Phi) is 5.01. The van der Waals surface area contributed by atoms with E-state index in [1.807, 2.05) is 24.3 Å². The van der Waals surface area contributed by atoms with E-state index in [0.717, 1.165) is 15.7 Å². The summed E-state index contributed by atoms with van der Waals surface area (Å²) in [4.78, 5) is 4.26. The summed E-state index contributed by atoms with van der Waals surface area (Å²) in [5.74, 6) is 5.31. The lowest BCUT2D eigenvalue weighted by Gasteiger charge is -2.15. The largest absolute Gasteiger partial charge is 0.271 e. The molecule has 5 heteroatoms. The zero-order valence-corrected chi connectivity index (χ0v) is 11.9. The SMILES string of the molecule is NNC(Cc1cc(F)cc(Br)c1)Cc1ccccn1. The van der Waals surface area contributed by atoms with Gasteiger partial charge in [0.05, 0.1) is 0 Å². The molecule has 1 aromatic heterocycles. The molecule has 0 fully saturated rings. The summed E-state index contributed by atoms with van der Waals surface area (Å²) in [6.07, 6.45) is 3.09. The van der Waals surface area contributed by atoms with E-state index in [1.165, 1.54) is 12.1 Å². The van der Waals surface area contributed by atoms with E-state index in [4.69, 9.17) is 5.84 Å². The van der Waals surface area contributed by atoms with Gasteiger partial charge in [0.15, 0.2) is 0 Å². The van der Waals surface area contributed by atoms with Gasteiger partial charge in [0.2, 0.25) is 0 Å². The Balaban J connectivity index is 2.06. The third-order valence-corrected chi connectivity index (χ3v) is 3.28. The number of rotatable bonds is 5. The molecular formula is C14H15BrFN3. The van der Waals surface area contributed by atoms with Crippen LogP contribution in [0, 0.1) is 5.82 Å². The first-order chi connectivity index (χ1) is 9.17. The number of nitrogens with two attached hydrogens (primary N) is 1. The van der Waals surface area contributed by atoms with Crippen molar-refractivity contribution in [1.82, 2.24) is 10.4 Å². The van der Waals surface area contributed by atoms with Gasteiger partial charge in [-0.1, -0.05) is 22.0 Å². The molecule has 3 N–H and O–H groups in total. The third-order valence-electron chi connectivity index (χ3n) is 2.82. The number of hydrogen-bond donors (Lipinski definition) is 2. The normalized spacial score (nSPS) is 12.4. The molecule has 0 bridgehead atoms. The Morgan fingerprint density at radius 3 is 2.74 bits per heavy atom. The number of halogens is 2. The lowest BCUT2D eigenvalue weighted by Crippen LogP contribution is -2.38. The molecule has 0 aliphatic carbocycles. The van der Waals surface area contributed by atoms with E-state index in [1.54, 1.807) is 6.20 Å². The van der Waals surface area contributed by atoms with Crippen molar-refractivity contribution in [2.75, 3.05) is 0 Å². The maximum atomic E-state index is 13.3. The second-order valence-electron chi connectivity index (χ2n) is 4.37. The van der Waals surface area contributed by atoms with Crippen LogP contribution in [0.15, 0.2) is 47.1 Å². The molecule has 0 saturated heterocycles. The van der Waals surface area contributed by atoms with Crippen molar-refractivity contribution in [3.8, 4) is 0 Å². The molecule has 0 aliphatic rings. The molecule has 1 heterocycles. The van der Waals surface area contributed by atoms with Gasteiger partial charge in [0, 0.05) is 28.8 Å². The summed E-state index contributed by atoms with van der Waals surface area (Å²) in [6.45, 7) is 0. The molecule has 2 rings (SSSR count). The van der Waals surface area contributed by atoms with Crippen molar-refractivity contribution in [2.24, 2.45) is 5.84 Å². The standard InChI is InChI=1S/C14H15BrFN3/c15-11-5-10(6-12(16)8-11)7-14(19-17)9-13-3-1-2-4-18-13/h1-6,8,14,19H,7,9,17H2. The Labute approximate surface area is 120 Å². The number of hydrazine groups is 1. The van der Waals surface area contributed by atoms with Gasteiger partial charge in [-0.3, -0.25) is 16.3 Å². The van der Waals surface area contributed by atoms with Crippen molar-refractivity contribution in [2.45, 2.75) is 18.9 Å². The van der Waals surface area contributed by atoms with Crippen molar-refractivity contribution in [3.05, 3.63) is 64.1 Å². The Hall–Kier alpha value is -1.30. The number of nitrogens with one attached hydrogen (secondary N) is 1. The summed E-state index contributed by atoms with van der Waals surface area (Å²) in [5.41, 5.74) is 4.61. The van der Waals surface area contributed by atoms with Gasteiger partial charge in [-0.05, 0) is 42.3 Å². The molecule has 1 aromatic carbocycles. The van der Waals surface area contributed by atoms with Gasteiger partial charge in [0.1, 0.15) is 5.82 Å². The van der Waals surface area contributed by atoms with Gasteiger partial charge in [-0.2, -0.15) is 0 Å². The summed E-state index contributed by atoms with van der Waals surface area (Å²) in [5, 5.41) is 0. The average molecular weight is 324 g/mol. The Morgan fingerprint density at radius 2 is 2.11 bits per heavy atom. The number of aromatic nitrogens is 1. The molecular weight excluding hydrogens is 309 g/mol. The topological polar surface area (TPSA) is 50.9 Å². The van der Waals surface area contributed by atoms with Gasteiger partial charge in [0.25, 0.3) is 0 Å². The number of nitrogens with zero attached hydrogens (tertiary/aromatic N) is 1. The van der Waals surface area contributed by atoms with E-state index in [9.17, 15) is 4.39 Å². The molecule has 1 unspecified atom stereocenters. The van der Waals surface area contributed by atoms with Crippen molar-refractivity contribution >= 4 is 15.9 Å². The van der Waals surface area contributed by atoms with Crippen LogP contribution in [0.5, 0.6) is 0 Å². The molecule has 19 heavy (non-hydrogen) atoms. The van der Waals surface area contributed by atoms with Crippen molar-refractivity contribution in [1.29, 1.82) is 0 Å². The van der Waals surface area contributed by atoms with Crippen molar-refractivity contribution < 1.29 is 4.39 Å². The average Bonchev–Trinajstić information content (AvgIpc) is 2.38. The van der Waals surface area contributed by atoms with Crippen LogP contribution in [0.2, 0.25) is 0 Å². The van der Waals surface area contributed by atoms with Gasteiger partial charge in [-0.15, -0.1) is 0 Å². The molecule has 2 aromatic rings. The first-order valence-electron chi connectivity index (χ1n) is 5.98. The molecule has 3 nitrogen and oxygen atoms in total. The third kappa shape index (κ3) is 4.38. The highest BCUT2D eigenvalue weighted by Gasteiger charge is 2.10. The summed E-state index contributed by atoms with van der Waals surface area (Å²) < 4.78 is 14.0. The van der Waals surface area contributed by atoms with Crippen LogP contribution in [0.4, 0.5) is 4.39 Å². The summed E-state index contributed by atoms with van der Waals surface area (Å²) in [6, 6.07) is 10.6. The summed E-state index contributed by atoms with van der Waals surface area (Å²) >= 11 is 3.29. The van der Waals surface area contributed by atoms with E-state index in [-0.39, 0.29) is 11.9 Å². The molecule has 1 atom stereocenters. The van der Waals surface area contributed by atoms with Crippen LogP contribution in [0.3, 0.4) is 0 Å². The minimum absolute atomic E-state index is 0.0172. The molecule has 100 valence electrons. The minimum atomic E-state index is -0.252. The van der Waals surface area contributed by atoms with Gasteiger partial charge >= 0.3 is 0 Å². The number of hydrogen-bond acceptors (Lipinski definition) is 3. The van der Waals surface area contributed by atoms with Crippen LogP contribution in [0.25, 0.3) is 0 Å². The Bertz CT molecular complexity index is 513. The number of pyridine rings is 1. The second-order valence-corrected chi connectivity index (χ2v) is 5.29. The molecule has 0 amide bonds. The maximum Gasteiger partial charge on any atom is 0.124 e. The van der Waals surface area contributed by atoms with Crippen LogP contribution >= 0.6 is 15.9 Å². The smallest absolute Gasteiger partial charge is 0.124 e. The lowest BCUT2D eigenvalue weighted by atomic mass is 10.0. The fourth-order valence-corrected chi connectivity index (χ4v) is 2.49. The molecule has 0 saturated carbocycles. The Morgan fingerprint density at radius 1 is 1.26 bits per heavy atom. The van der Waals surface area contributed by atoms with E-state index < -0.39 is 0 Å². The molecule has 0 aliphatic heterocycles. The molecule has 0 spiro atoms. The zero-order chi connectivity index (χ0) is 13.7. The first kappa shape index (κ1) is 14.1. The highest BCUT2D eigenvalue weighted by atomic mass is 79.9. The fourth-order valence-electron chi connectivity index (χ4n) is 1.97. The predicted molar refractivity (Wildman–Crippen MR) is 76.9 cm³/mol. The van der Waals surface area contributed by atoms with Crippen LogP contribution in [-0.2, 0) is 12.8 Å². The highest BCUT2D eigenvalue weighted by molar-refractivity contribution is 9.10. The van der Waals surface area contributed by atoms with Gasteiger partial charge in [-0.25, -0.2) is 4.39 Å². The monoisotopic (exact) mass is 323 g/mol. The van der Waals surface area contributed by atoms with Crippen molar-refractivity contribution in [3.63, 3.8) is 0 Å². The van der Waals surface area contributed by atoms with Crippen LogP contribution in [0.1, 0.15) is 11.3 Å². The molecule has 0 radical (unpaired) electrons. The summed E-state index contributed by atoms with van der Waals surface area (Å²) in [7, 11) is 0. The fraction of sp³-hybridized carbons (Fsp3) is 0.214. The lowest BCUT2D eigenvalue weighted by molar-refractivity contribution is 0.515. The first-order valence-corrected chi connectivity index (χ1v) is 6.77. The maximum absolute atomic E-state index is 13.3. The van der Waals surface area contributed by atoms with Gasteiger partial charge < -0.3 is 0 Å². The second kappa shape index (κ2) is 6.75. The quantitative estimate of drug-likeness (QED) is 0.657. The predicted octanol–water partition coefficient (Wildman–Crippen LogP) is 2.60. The van der Waals surface area contributed by atoms with E-state index in [0.29, 0.717) is 12.8 Å². The zero-order valence-electron chi connectivity index (χ0n) is 10.3. The number of benzene rings is 1. The van der Waals surface area contributed by atoms with Crippen LogP contribution < -0.4 is 11.3 Å². The highest BCUT2D eigenvalue weighted by Crippen LogP contribution is 2.16. The van der Waals surface area contributed by atoms with Crippen LogP contribution in [-0.4, -0.2) is 11.0 Å².